The summed E-state index contributed by atoms with van der Waals surface area (Å²) < 4.78 is 11.0. The molecule has 1 aromatic carbocycles. The summed E-state index contributed by atoms with van der Waals surface area (Å²) >= 11 is 1.24. The SMILES string of the molecule is CCOc1ccc(-c2nnc(S[C@@H](C)C(=O)NC(C)(C)C)o2)cc1. The van der Waals surface area contributed by atoms with E-state index >= 15 is 0 Å². The maximum Gasteiger partial charge on any atom is 0.277 e. The summed E-state index contributed by atoms with van der Waals surface area (Å²) in [5.41, 5.74) is 0.540. The van der Waals surface area contributed by atoms with Gasteiger partial charge in [0.1, 0.15) is 5.75 Å². The van der Waals surface area contributed by atoms with Gasteiger partial charge in [-0.3, -0.25) is 4.79 Å². The number of hydrogen-bond donors (Lipinski definition) is 1. The number of aromatic nitrogens is 2. The van der Waals surface area contributed by atoms with E-state index in [-0.39, 0.29) is 16.7 Å². The average molecular weight is 349 g/mol. The molecule has 0 bridgehead atoms. The van der Waals surface area contributed by atoms with Crippen LogP contribution in [0.25, 0.3) is 11.5 Å². The van der Waals surface area contributed by atoms with Gasteiger partial charge in [-0.25, -0.2) is 0 Å². The smallest absolute Gasteiger partial charge is 0.277 e. The number of thioether (sulfide) groups is 1. The lowest BCUT2D eigenvalue weighted by atomic mass is 10.1. The molecule has 130 valence electrons. The van der Waals surface area contributed by atoms with Crippen molar-refractivity contribution in [1.82, 2.24) is 15.5 Å². The Labute approximate surface area is 146 Å². The molecule has 24 heavy (non-hydrogen) atoms. The van der Waals surface area contributed by atoms with Crippen LogP contribution in [0.1, 0.15) is 34.6 Å². The highest BCUT2D eigenvalue weighted by Gasteiger charge is 2.22. The van der Waals surface area contributed by atoms with Crippen LogP contribution in [0.3, 0.4) is 0 Å². The van der Waals surface area contributed by atoms with E-state index in [0.29, 0.717) is 17.7 Å². The first kappa shape index (κ1) is 18.3. The number of rotatable bonds is 6. The summed E-state index contributed by atoms with van der Waals surface area (Å²) in [4.78, 5) is 12.1. The Morgan fingerprint density at radius 3 is 2.54 bits per heavy atom. The van der Waals surface area contributed by atoms with Crippen molar-refractivity contribution in [1.29, 1.82) is 0 Å². The molecule has 0 aliphatic rings. The van der Waals surface area contributed by atoms with Crippen LogP contribution in [0.2, 0.25) is 0 Å². The molecule has 1 heterocycles. The van der Waals surface area contributed by atoms with E-state index in [0.717, 1.165) is 11.3 Å². The highest BCUT2D eigenvalue weighted by molar-refractivity contribution is 8.00. The van der Waals surface area contributed by atoms with Gasteiger partial charge in [-0.2, -0.15) is 0 Å². The molecule has 0 radical (unpaired) electrons. The quantitative estimate of drug-likeness (QED) is 0.804. The van der Waals surface area contributed by atoms with Gasteiger partial charge in [-0.05, 0) is 58.9 Å². The van der Waals surface area contributed by atoms with Crippen molar-refractivity contribution in [2.24, 2.45) is 0 Å². The number of ether oxygens (including phenoxy) is 1. The van der Waals surface area contributed by atoms with Gasteiger partial charge in [-0.15, -0.1) is 10.2 Å². The van der Waals surface area contributed by atoms with Crippen LogP contribution in [0.5, 0.6) is 5.75 Å². The van der Waals surface area contributed by atoms with E-state index in [4.69, 9.17) is 9.15 Å². The van der Waals surface area contributed by atoms with E-state index in [1.807, 2.05) is 58.9 Å². The van der Waals surface area contributed by atoms with Crippen LogP contribution in [-0.2, 0) is 4.79 Å². The van der Waals surface area contributed by atoms with Gasteiger partial charge >= 0.3 is 0 Å². The van der Waals surface area contributed by atoms with Crippen molar-refractivity contribution in [3.63, 3.8) is 0 Å². The minimum absolute atomic E-state index is 0.0617. The first-order valence-corrected chi connectivity index (χ1v) is 8.72. The summed E-state index contributed by atoms with van der Waals surface area (Å²) in [7, 11) is 0. The van der Waals surface area contributed by atoms with E-state index in [9.17, 15) is 4.79 Å². The minimum Gasteiger partial charge on any atom is -0.494 e. The number of carbonyl (C=O) groups is 1. The molecule has 1 atom stereocenters. The normalized spacial score (nSPS) is 12.7. The molecule has 2 rings (SSSR count). The zero-order valence-corrected chi connectivity index (χ0v) is 15.4. The van der Waals surface area contributed by atoms with E-state index in [1.165, 1.54) is 11.8 Å². The number of benzene rings is 1. The van der Waals surface area contributed by atoms with E-state index < -0.39 is 0 Å². The number of amides is 1. The molecule has 0 unspecified atom stereocenters. The van der Waals surface area contributed by atoms with Gasteiger partial charge in [0.2, 0.25) is 11.8 Å². The Hall–Kier alpha value is -2.02. The maximum atomic E-state index is 12.1. The van der Waals surface area contributed by atoms with Gasteiger partial charge < -0.3 is 14.5 Å². The van der Waals surface area contributed by atoms with Crippen LogP contribution in [0, 0.1) is 0 Å². The predicted octanol–water partition coefficient (Wildman–Crippen LogP) is 3.53. The molecule has 0 aliphatic heterocycles. The lowest BCUT2D eigenvalue weighted by Crippen LogP contribution is -2.44. The van der Waals surface area contributed by atoms with E-state index in [1.54, 1.807) is 0 Å². The van der Waals surface area contributed by atoms with Crippen molar-refractivity contribution in [3.8, 4) is 17.2 Å². The summed E-state index contributed by atoms with van der Waals surface area (Å²) in [5, 5.41) is 11.0. The second-order valence-corrected chi connectivity index (χ2v) is 7.62. The molecule has 0 aliphatic carbocycles. The second kappa shape index (κ2) is 7.70. The number of carbonyl (C=O) groups excluding carboxylic acids is 1. The standard InChI is InChI=1S/C17H23N3O3S/c1-6-22-13-9-7-12(8-10-13)15-19-20-16(23-15)24-11(2)14(21)18-17(3,4)5/h7-11H,6H2,1-5H3,(H,18,21)/t11-/m0/s1. The fraction of sp³-hybridized carbons (Fsp3) is 0.471. The molecule has 0 spiro atoms. The molecular formula is C17H23N3O3S. The summed E-state index contributed by atoms with van der Waals surface area (Å²) in [6.07, 6.45) is 0. The Bertz CT molecular complexity index is 677. The molecule has 1 aromatic heterocycles. The highest BCUT2D eigenvalue weighted by Crippen LogP contribution is 2.27. The third kappa shape index (κ3) is 5.26. The summed E-state index contributed by atoms with van der Waals surface area (Å²) in [6, 6.07) is 7.44. The Morgan fingerprint density at radius 1 is 1.29 bits per heavy atom. The van der Waals surface area contributed by atoms with Crippen LogP contribution >= 0.6 is 11.8 Å². The largest absolute Gasteiger partial charge is 0.494 e. The van der Waals surface area contributed by atoms with Crippen LogP contribution < -0.4 is 10.1 Å². The average Bonchev–Trinajstić information content (AvgIpc) is 2.95. The lowest BCUT2D eigenvalue weighted by Gasteiger charge is -2.22. The molecular weight excluding hydrogens is 326 g/mol. The Morgan fingerprint density at radius 2 is 1.96 bits per heavy atom. The van der Waals surface area contributed by atoms with Crippen molar-refractivity contribution in [2.75, 3.05) is 6.61 Å². The second-order valence-electron chi connectivity index (χ2n) is 6.33. The zero-order valence-electron chi connectivity index (χ0n) is 14.6. The Balaban J connectivity index is 2.01. The van der Waals surface area contributed by atoms with Crippen LogP contribution in [0.4, 0.5) is 0 Å². The molecule has 1 amide bonds. The fourth-order valence-electron chi connectivity index (χ4n) is 1.91. The highest BCUT2D eigenvalue weighted by atomic mass is 32.2. The topological polar surface area (TPSA) is 77.2 Å². The number of nitrogens with one attached hydrogen (secondary N) is 1. The van der Waals surface area contributed by atoms with Crippen molar-refractivity contribution in [3.05, 3.63) is 24.3 Å². The fourth-order valence-corrected chi connectivity index (χ4v) is 2.59. The first-order chi connectivity index (χ1) is 11.3. The third-order valence-electron chi connectivity index (χ3n) is 2.96. The molecule has 2 aromatic rings. The van der Waals surface area contributed by atoms with Gasteiger partial charge in [0.25, 0.3) is 5.22 Å². The first-order valence-electron chi connectivity index (χ1n) is 7.84. The molecule has 0 fully saturated rings. The van der Waals surface area contributed by atoms with Crippen molar-refractivity contribution >= 4 is 17.7 Å². The molecule has 6 nitrogen and oxygen atoms in total. The molecule has 1 N–H and O–H groups in total. The van der Waals surface area contributed by atoms with Gasteiger partial charge in [-0.1, -0.05) is 11.8 Å². The summed E-state index contributed by atoms with van der Waals surface area (Å²) in [6.45, 7) is 10.2. The van der Waals surface area contributed by atoms with Gasteiger partial charge in [0, 0.05) is 11.1 Å². The predicted molar refractivity (Wildman–Crippen MR) is 94.1 cm³/mol. The number of hydrogen-bond acceptors (Lipinski definition) is 6. The van der Waals surface area contributed by atoms with Gasteiger partial charge in [0.05, 0.1) is 11.9 Å². The van der Waals surface area contributed by atoms with Crippen LogP contribution in [-0.4, -0.2) is 33.5 Å². The van der Waals surface area contributed by atoms with Crippen molar-refractivity contribution in [2.45, 2.75) is 50.6 Å². The number of nitrogens with zero attached hydrogens (tertiary/aromatic N) is 2. The molecule has 0 saturated carbocycles. The monoisotopic (exact) mass is 349 g/mol. The van der Waals surface area contributed by atoms with Gasteiger partial charge in [0.15, 0.2) is 0 Å². The Kier molecular flexibility index (Phi) is 5.88. The maximum absolute atomic E-state index is 12.1. The van der Waals surface area contributed by atoms with Crippen molar-refractivity contribution < 1.29 is 13.9 Å². The lowest BCUT2D eigenvalue weighted by molar-refractivity contribution is -0.121. The zero-order chi connectivity index (χ0) is 17.7. The molecule has 0 saturated heterocycles. The minimum atomic E-state index is -0.321. The third-order valence-corrected chi connectivity index (χ3v) is 3.90. The van der Waals surface area contributed by atoms with E-state index in [2.05, 4.69) is 15.5 Å². The van der Waals surface area contributed by atoms with Crippen LogP contribution in [0.15, 0.2) is 33.9 Å². The molecule has 7 heteroatoms. The summed E-state index contributed by atoms with van der Waals surface area (Å²) in [5.74, 6) is 1.15.